The van der Waals surface area contributed by atoms with E-state index in [1.165, 1.54) is 0 Å². The number of halogens is 2. The number of alkyl halides is 1. The molecule has 0 radical (unpaired) electrons. The van der Waals surface area contributed by atoms with Gasteiger partial charge >= 0.3 is 0 Å². The Labute approximate surface area is 120 Å². The maximum absolute atomic E-state index is 5.92. The van der Waals surface area contributed by atoms with Gasteiger partial charge in [0.05, 0.1) is 11.2 Å². The summed E-state index contributed by atoms with van der Waals surface area (Å²) in [5.41, 5.74) is 2.79. The Morgan fingerprint density at radius 2 is 2.17 bits per heavy atom. The van der Waals surface area contributed by atoms with Gasteiger partial charge in [-0.25, -0.2) is 0 Å². The van der Waals surface area contributed by atoms with E-state index in [-0.39, 0.29) is 5.41 Å². The van der Waals surface area contributed by atoms with Crippen LogP contribution < -0.4 is 5.32 Å². The quantitative estimate of drug-likeness (QED) is 0.860. The number of fused-ring (bicyclic) bond motifs is 1. The summed E-state index contributed by atoms with van der Waals surface area (Å²) in [6.45, 7) is 5.05. The van der Waals surface area contributed by atoms with Gasteiger partial charge in [0, 0.05) is 29.3 Å². The standard InChI is InChI=1S/C13H15BrClN3/c1-13(2,7-15)8-18-10-3-4-16-11-5-9(14)6-17-12(10)11/h3-6H,7-8H2,1-2H3,(H,16,18). The van der Waals surface area contributed by atoms with Gasteiger partial charge in [-0.1, -0.05) is 13.8 Å². The zero-order valence-electron chi connectivity index (χ0n) is 10.4. The van der Waals surface area contributed by atoms with Gasteiger partial charge in [0.1, 0.15) is 5.52 Å². The van der Waals surface area contributed by atoms with Crippen LogP contribution in [0.1, 0.15) is 13.8 Å². The summed E-state index contributed by atoms with van der Waals surface area (Å²) < 4.78 is 0.931. The average molecular weight is 329 g/mol. The van der Waals surface area contributed by atoms with Crippen molar-refractivity contribution in [2.24, 2.45) is 5.41 Å². The molecule has 18 heavy (non-hydrogen) atoms. The lowest BCUT2D eigenvalue weighted by Crippen LogP contribution is -2.24. The Kier molecular flexibility index (Phi) is 4.07. The maximum Gasteiger partial charge on any atom is 0.112 e. The molecule has 0 amide bonds. The van der Waals surface area contributed by atoms with E-state index in [9.17, 15) is 0 Å². The van der Waals surface area contributed by atoms with Gasteiger partial charge in [-0.3, -0.25) is 9.97 Å². The minimum absolute atomic E-state index is 0.0481. The lowest BCUT2D eigenvalue weighted by molar-refractivity contribution is 0.450. The van der Waals surface area contributed by atoms with Crippen molar-refractivity contribution < 1.29 is 0 Å². The van der Waals surface area contributed by atoms with E-state index < -0.39 is 0 Å². The third kappa shape index (κ3) is 3.12. The van der Waals surface area contributed by atoms with Crippen LogP contribution in [0.5, 0.6) is 0 Å². The van der Waals surface area contributed by atoms with Gasteiger partial charge in [-0.2, -0.15) is 0 Å². The lowest BCUT2D eigenvalue weighted by Gasteiger charge is -2.22. The van der Waals surface area contributed by atoms with Gasteiger partial charge < -0.3 is 5.32 Å². The average Bonchev–Trinajstić information content (AvgIpc) is 2.36. The third-order valence-electron chi connectivity index (χ3n) is 2.66. The van der Waals surface area contributed by atoms with Gasteiger partial charge in [0.25, 0.3) is 0 Å². The first-order valence-electron chi connectivity index (χ1n) is 5.72. The van der Waals surface area contributed by atoms with Crippen LogP contribution in [0.2, 0.25) is 0 Å². The molecule has 2 rings (SSSR count). The summed E-state index contributed by atoms with van der Waals surface area (Å²) in [5.74, 6) is 0.613. The molecule has 2 aromatic rings. The smallest absolute Gasteiger partial charge is 0.112 e. The molecule has 0 saturated carbocycles. The van der Waals surface area contributed by atoms with Crippen molar-refractivity contribution in [3.05, 3.63) is 29.0 Å². The van der Waals surface area contributed by atoms with E-state index >= 15 is 0 Å². The van der Waals surface area contributed by atoms with Crippen LogP contribution in [0.4, 0.5) is 5.69 Å². The molecule has 2 heterocycles. The summed E-state index contributed by atoms with van der Waals surface area (Å²) in [7, 11) is 0. The molecule has 0 fully saturated rings. The normalized spacial score (nSPS) is 11.8. The topological polar surface area (TPSA) is 37.8 Å². The van der Waals surface area contributed by atoms with Crippen molar-refractivity contribution in [3.8, 4) is 0 Å². The number of anilines is 1. The van der Waals surface area contributed by atoms with Crippen LogP contribution in [-0.4, -0.2) is 22.4 Å². The van der Waals surface area contributed by atoms with Gasteiger partial charge in [-0.15, -0.1) is 11.6 Å². The van der Waals surface area contributed by atoms with Crippen molar-refractivity contribution in [1.29, 1.82) is 0 Å². The molecule has 0 aromatic carbocycles. The SMILES string of the molecule is CC(C)(CCl)CNc1ccnc2cc(Br)cnc12. The molecule has 1 N–H and O–H groups in total. The first-order valence-corrected chi connectivity index (χ1v) is 7.05. The van der Waals surface area contributed by atoms with Crippen LogP contribution in [-0.2, 0) is 0 Å². The van der Waals surface area contributed by atoms with Crippen molar-refractivity contribution in [2.45, 2.75) is 13.8 Å². The minimum atomic E-state index is 0.0481. The molecule has 3 nitrogen and oxygen atoms in total. The second kappa shape index (κ2) is 5.41. The fourth-order valence-electron chi connectivity index (χ4n) is 1.53. The van der Waals surface area contributed by atoms with E-state index in [0.717, 1.165) is 27.7 Å². The van der Waals surface area contributed by atoms with Crippen molar-refractivity contribution in [1.82, 2.24) is 9.97 Å². The van der Waals surface area contributed by atoms with E-state index in [1.54, 1.807) is 12.4 Å². The van der Waals surface area contributed by atoms with Crippen LogP contribution in [0.15, 0.2) is 29.0 Å². The Morgan fingerprint density at radius 1 is 1.39 bits per heavy atom. The summed E-state index contributed by atoms with van der Waals surface area (Å²) in [4.78, 5) is 8.71. The zero-order chi connectivity index (χ0) is 13.2. The fourth-order valence-corrected chi connectivity index (χ4v) is 1.94. The van der Waals surface area contributed by atoms with Crippen molar-refractivity contribution in [3.63, 3.8) is 0 Å². The molecule has 0 aliphatic rings. The summed E-state index contributed by atoms with van der Waals surface area (Å²) in [5, 5.41) is 3.40. The van der Waals surface area contributed by atoms with Gasteiger partial charge in [0.2, 0.25) is 0 Å². The highest BCUT2D eigenvalue weighted by Gasteiger charge is 2.16. The highest BCUT2D eigenvalue weighted by molar-refractivity contribution is 9.10. The number of rotatable bonds is 4. The Balaban J connectivity index is 2.29. The summed E-state index contributed by atoms with van der Waals surface area (Å²) in [6.07, 6.45) is 3.56. The molecule has 0 atom stereocenters. The summed E-state index contributed by atoms with van der Waals surface area (Å²) >= 11 is 9.32. The van der Waals surface area contributed by atoms with Crippen molar-refractivity contribution in [2.75, 3.05) is 17.7 Å². The molecule has 0 aliphatic carbocycles. The number of pyridine rings is 2. The van der Waals surface area contributed by atoms with Gasteiger partial charge in [0.15, 0.2) is 0 Å². The van der Waals surface area contributed by atoms with E-state index in [2.05, 4.69) is 45.1 Å². The molecule has 0 spiro atoms. The maximum atomic E-state index is 5.92. The van der Waals surface area contributed by atoms with Crippen molar-refractivity contribution >= 4 is 44.3 Å². The number of nitrogens with zero attached hydrogens (tertiary/aromatic N) is 2. The molecule has 2 aromatic heterocycles. The lowest BCUT2D eigenvalue weighted by atomic mass is 9.96. The van der Waals surface area contributed by atoms with Crippen LogP contribution in [0, 0.1) is 5.41 Å². The highest BCUT2D eigenvalue weighted by Crippen LogP contribution is 2.24. The second-order valence-electron chi connectivity index (χ2n) is 5.03. The number of nitrogens with one attached hydrogen (secondary N) is 1. The molecule has 0 bridgehead atoms. The predicted octanol–water partition coefficient (Wildman–Crippen LogP) is 4.07. The van der Waals surface area contributed by atoms with E-state index in [1.807, 2.05) is 12.1 Å². The van der Waals surface area contributed by atoms with E-state index in [0.29, 0.717) is 5.88 Å². The molecule has 0 saturated heterocycles. The zero-order valence-corrected chi connectivity index (χ0v) is 12.7. The molecule has 5 heteroatoms. The first kappa shape index (κ1) is 13.6. The highest BCUT2D eigenvalue weighted by atomic mass is 79.9. The Bertz CT molecular complexity index is 557. The van der Waals surface area contributed by atoms with E-state index in [4.69, 9.17) is 11.6 Å². The predicted molar refractivity (Wildman–Crippen MR) is 80.2 cm³/mol. The monoisotopic (exact) mass is 327 g/mol. The molecule has 0 unspecified atom stereocenters. The molecule has 0 aliphatic heterocycles. The number of hydrogen-bond donors (Lipinski definition) is 1. The number of hydrogen-bond acceptors (Lipinski definition) is 3. The molecule has 96 valence electrons. The molecular formula is C13H15BrClN3. The Hall–Kier alpha value is -0.870. The Morgan fingerprint density at radius 3 is 2.89 bits per heavy atom. The summed E-state index contributed by atoms with van der Waals surface area (Å²) in [6, 6.07) is 3.90. The van der Waals surface area contributed by atoms with Crippen LogP contribution in [0.3, 0.4) is 0 Å². The largest absolute Gasteiger partial charge is 0.383 e. The first-order chi connectivity index (χ1) is 8.52. The second-order valence-corrected chi connectivity index (χ2v) is 6.21. The van der Waals surface area contributed by atoms with Crippen LogP contribution in [0.25, 0.3) is 11.0 Å². The van der Waals surface area contributed by atoms with Crippen LogP contribution >= 0.6 is 27.5 Å². The fraction of sp³-hybridized carbons (Fsp3) is 0.385. The minimum Gasteiger partial charge on any atom is -0.383 e. The molecular weight excluding hydrogens is 314 g/mol. The number of aromatic nitrogens is 2. The third-order valence-corrected chi connectivity index (χ3v) is 3.82. The van der Waals surface area contributed by atoms with Gasteiger partial charge in [-0.05, 0) is 33.5 Å².